The van der Waals surface area contributed by atoms with Gasteiger partial charge in [-0.05, 0) is 57.8 Å². The van der Waals surface area contributed by atoms with Gasteiger partial charge in [0.2, 0.25) is 0 Å². The number of carbonyl (C=O) groups is 3. The number of carbonyl (C=O) groups excluding carboxylic acids is 3. The lowest BCUT2D eigenvalue weighted by molar-refractivity contribution is -0.889. The number of likely N-dealkylation sites (N-methyl/N-ethyl adjacent to an activating group) is 1. The summed E-state index contributed by atoms with van der Waals surface area (Å²) in [7, 11) is 5.35. The van der Waals surface area contributed by atoms with E-state index in [2.05, 4.69) is 62.5 Å². The van der Waals surface area contributed by atoms with Gasteiger partial charge in [0, 0.05) is 19.3 Å². The topological polar surface area (TPSA) is 102 Å². The number of quaternary nitrogens is 1. The highest BCUT2D eigenvalue weighted by molar-refractivity contribution is 5.70. The molecule has 48 heavy (non-hydrogen) atoms. The smallest absolute Gasteiger partial charge is 0.306 e. The standard InChI is InChI=1S/C40H63NO7/c1-6-8-10-12-14-16-18-19-21-23-25-27-29-31-39(43)48-36(34-46-33-32-37(40(44)45)41(3,4)5)35-47-38(42)30-28-26-24-22-20-17-15-13-11-9-7-2/h8-12,14-19,21-22,24,36-37H,6-7,13,20,23,25-35H2,1-5H3/b10-8+,11-9+,14-12+,17-15+,18-16+,21-19+,24-22+. The van der Waals surface area contributed by atoms with Crippen molar-refractivity contribution >= 4 is 17.9 Å². The Balaban J connectivity index is 4.64. The van der Waals surface area contributed by atoms with Gasteiger partial charge in [0.1, 0.15) is 12.6 Å². The molecule has 270 valence electrons. The number of carboxylic acid groups (broad SMARTS) is 1. The molecular weight excluding hydrogens is 606 g/mol. The van der Waals surface area contributed by atoms with Gasteiger partial charge in [0.05, 0.1) is 40.3 Å². The van der Waals surface area contributed by atoms with E-state index in [1.807, 2.05) is 36.5 Å². The Labute approximate surface area is 291 Å². The molecule has 2 unspecified atom stereocenters. The Bertz CT molecular complexity index is 1060. The summed E-state index contributed by atoms with van der Waals surface area (Å²) in [6.07, 6.45) is 37.7. The first-order chi connectivity index (χ1) is 23.1. The number of unbranched alkanes of at least 4 members (excludes halogenated alkanes) is 4. The molecule has 0 saturated carbocycles. The summed E-state index contributed by atoms with van der Waals surface area (Å²) in [4.78, 5) is 36.5. The minimum Gasteiger partial charge on any atom is -0.544 e. The van der Waals surface area contributed by atoms with Crippen molar-refractivity contribution < 1.29 is 38.2 Å². The van der Waals surface area contributed by atoms with E-state index in [9.17, 15) is 19.5 Å². The number of hydrogen-bond donors (Lipinski definition) is 0. The van der Waals surface area contributed by atoms with E-state index in [1.165, 1.54) is 0 Å². The van der Waals surface area contributed by atoms with E-state index in [-0.39, 0.29) is 55.5 Å². The number of rotatable bonds is 29. The molecule has 0 N–H and O–H groups in total. The van der Waals surface area contributed by atoms with Crippen LogP contribution in [0.25, 0.3) is 0 Å². The van der Waals surface area contributed by atoms with E-state index < -0.39 is 18.1 Å². The molecule has 0 aliphatic rings. The molecule has 0 amide bonds. The van der Waals surface area contributed by atoms with Gasteiger partial charge >= 0.3 is 11.9 Å². The molecule has 8 nitrogen and oxygen atoms in total. The molecule has 0 spiro atoms. The number of ether oxygens (including phenoxy) is 3. The molecule has 0 aromatic heterocycles. The predicted octanol–water partition coefficient (Wildman–Crippen LogP) is 7.29. The monoisotopic (exact) mass is 669 g/mol. The number of hydrogen-bond acceptors (Lipinski definition) is 7. The van der Waals surface area contributed by atoms with Crippen molar-refractivity contribution in [3.05, 3.63) is 85.1 Å². The Kier molecular flexibility index (Phi) is 28.6. The Morgan fingerprint density at radius 1 is 0.646 bits per heavy atom. The minimum absolute atomic E-state index is 0.00279. The zero-order valence-corrected chi connectivity index (χ0v) is 30.4. The van der Waals surface area contributed by atoms with Gasteiger partial charge in [-0.15, -0.1) is 0 Å². The van der Waals surface area contributed by atoms with Crippen LogP contribution in [0.5, 0.6) is 0 Å². The maximum Gasteiger partial charge on any atom is 0.306 e. The molecule has 0 bridgehead atoms. The Morgan fingerprint density at radius 2 is 1.23 bits per heavy atom. The molecule has 0 fully saturated rings. The number of aliphatic carboxylic acids is 1. The summed E-state index contributed by atoms with van der Waals surface area (Å²) in [5.74, 6) is -1.88. The number of esters is 2. The number of nitrogens with zero attached hydrogens (tertiary/aromatic N) is 1. The fourth-order valence-corrected chi connectivity index (χ4v) is 4.40. The summed E-state index contributed by atoms with van der Waals surface area (Å²) < 4.78 is 16.9. The van der Waals surface area contributed by atoms with Gasteiger partial charge < -0.3 is 28.6 Å². The van der Waals surface area contributed by atoms with Gasteiger partial charge in [-0.1, -0.05) is 105 Å². The second-order valence-electron chi connectivity index (χ2n) is 12.4. The summed E-state index contributed by atoms with van der Waals surface area (Å²) in [5.41, 5.74) is 0. The summed E-state index contributed by atoms with van der Waals surface area (Å²) >= 11 is 0. The second kappa shape index (κ2) is 30.8. The molecular formula is C40H63NO7. The second-order valence-corrected chi connectivity index (χ2v) is 12.4. The van der Waals surface area contributed by atoms with E-state index in [1.54, 1.807) is 21.1 Å². The van der Waals surface area contributed by atoms with Crippen molar-refractivity contribution in [2.24, 2.45) is 0 Å². The van der Waals surface area contributed by atoms with Crippen LogP contribution in [0.1, 0.15) is 97.3 Å². The first-order valence-corrected chi connectivity index (χ1v) is 17.7. The zero-order valence-electron chi connectivity index (χ0n) is 30.4. The van der Waals surface area contributed by atoms with Crippen LogP contribution in [-0.4, -0.2) is 75.5 Å². The number of allylic oxidation sites excluding steroid dienone is 14. The average Bonchev–Trinajstić information content (AvgIpc) is 3.03. The van der Waals surface area contributed by atoms with Crippen LogP contribution in [0.4, 0.5) is 0 Å². The third kappa shape index (κ3) is 28.7. The molecule has 2 atom stereocenters. The lowest BCUT2D eigenvalue weighted by atomic mass is 10.1. The molecule has 0 rings (SSSR count). The van der Waals surface area contributed by atoms with Crippen LogP contribution in [-0.2, 0) is 28.6 Å². The van der Waals surface area contributed by atoms with Gasteiger partial charge in [-0.25, -0.2) is 0 Å². The third-order valence-corrected chi connectivity index (χ3v) is 7.12. The largest absolute Gasteiger partial charge is 0.544 e. The lowest BCUT2D eigenvalue weighted by Gasteiger charge is -2.34. The maximum atomic E-state index is 12.6. The SMILES string of the molecule is CC/C=C/C=C/C=C/C=C/CCCCCC(=O)OC(COCCC(C(=O)[O-])[N+](C)(C)C)COC(=O)CCC/C=C/C/C=C/C/C=C/CC. The molecule has 0 heterocycles. The summed E-state index contributed by atoms with van der Waals surface area (Å²) in [6, 6.07) is -0.743. The molecule has 0 aromatic rings. The quantitative estimate of drug-likeness (QED) is 0.0271. The predicted molar refractivity (Wildman–Crippen MR) is 194 cm³/mol. The summed E-state index contributed by atoms with van der Waals surface area (Å²) in [5, 5.41) is 11.6. The fraction of sp³-hybridized carbons (Fsp3) is 0.575. The van der Waals surface area contributed by atoms with Gasteiger partial charge in [-0.2, -0.15) is 0 Å². The van der Waals surface area contributed by atoms with Crippen LogP contribution in [0.15, 0.2) is 85.1 Å². The fourth-order valence-electron chi connectivity index (χ4n) is 4.40. The first kappa shape index (κ1) is 44.5. The van der Waals surface area contributed by atoms with Crippen molar-refractivity contribution in [2.45, 2.75) is 109 Å². The molecule has 0 aliphatic heterocycles. The average molecular weight is 670 g/mol. The van der Waals surface area contributed by atoms with Crippen LogP contribution < -0.4 is 5.11 Å². The highest BCUT2D eigenvalue weighted by atomic mass is 16.6. The Morgan fingerprint density at radius 3 is 1.88 bits per heavy atom. The molecule has 0 aliphatic carbocycles. The van der Waals surface area contributed by atoms with Crippen LogP contribution in [0.2, 0.25) is 0 Å². The molecule has 8 heteroatoms. The van der Waals surface area contributed by atoms with Gasteiger partial charge in [0.15, 0.2) is 6.10 Å². The Hall–Kier alpha value is -3.49. The highest BCUT2D eigenvalue weighted by Crippen LogP contribution is 2.10. The van der Waals surface area contributed by atoms with E-state index in [0.29, 0.717) is 12.8 Å². The van der Waals surface area contributed by atoms with Gasteiger partial charge in [0.25, 0.3) is 0 Å². The third-order valence-electron chi connectivity index (χ3n) is 7.12. The van der Waals surface area contributed by atoms with Crippen molar-refractivity contribution in [3.8, 4) is 0 Å². The van der Waals surface area contributed by atoms with Crippen LogP contribution in [0, 0.1) is 0 Å². The number of carboxylic acids is 1. The zero-order chi connectivity index (χ0) is 35.7. The highest BCUT2D eigenvalue weighted by Gasteiger charge is 2.25. The summed E-state index contributed by atoms with van der Waals surface area (Å²) in [6.45, 7) is 4.25. The van der Waals surface area contributed by atoms with E-state index in [0.717, 1.165) is 51.4 Å². The maximum absolute atomic E-state index is 12.6. The van der Waals surface area contributed by atoms with Crippen LogP contribution >= 0.6 is 0 Å². The lowest BCUT2D eigenvalue weighted by Crippen LogP contribution is -2.55. The van der Waals surface area contributed by atoms with Crippen LogP contribution in [0.3, 0.4) is 0 Å². The van der Waals surface area contributed by atoms with Crippen molar-refractivity contribution in [3.63, 3.8) is 0 Å². The normalized spacial score (nSPS) is 14.1. The van der Waals surface area contributed by atoms with Crippen molar-refractivity contribution in [1.82, 2.24) is 0 Å². The van der Waals surface area contributed by atoms with Crippen molar-refractivity contribution in [2.75, 3.05) is 41.0 Å². The van der Waals surface area contributed by atoms with E-state index >= 15 is 0 Å². The van der Waals surface area contributed by atoms with E-state index in [4.69, 9.17) is 14.2 Å². The molecule has 0 aromatic carbocycles. The molecule has 0 saturated heterocycles. The minimum atomic E-state index is -1.14. The first-order valence-electron chi connectivity index (χ1n) is 17.7. The molecule has 0 radical (unpaired) electrons. The van der Waals surface area contributed by atoms with Crippen molar-refractivity contribution in [1.29, 1.82) is 0 Å². The van der Waals surface area contributed by atoms with Gasteiger partial charge in [-0.3, -0.25) is 9.59 Å².